The van der Waals surface area contributed by atoms with Gasteiger partial charge in [-0.15, -0.1) is 0 Å². The van der Waals surface area contributed by atoms with Crippen LogP contribution in [0.1, 0.15) is 168 Å². The quantitative estimate of drug-likeness (QED) is 0.0261. The Morgan fingerprint density at radius 1 is 0.508 bits per heavy atom. The van der Waals surface area contributed by atoms with E-state index in [1.165, 1.54) is 44.9 Å². The number of aliphatic carboxylic acids is 1. The molecule has 0 aliphatic carbocycles. The summed E-state index contributed by atoms with van der Waals surface area (Å²) in [5.41, 5.74) is 0. The molecule has 2 atom stereocenters. The fourth-order valence-electron chi connectivity index (χ4n) is 6.29. The van der Waals surface area contributed by atoms with Gasteiger partial charge < -0.3 is 28.6 Å². The number of carboxylic acids is 1. The smallest absolute Gasteiger partial charge is 0.306 e. The first kappa shape index (κ1) is 57.2. The predicted octanol–water partition coefficient (Wildman–Crippen LogP) is 12.1. The van der Waals surface area contributed by atoms with Crippen LogP contribution in [0.15, 0.2) is 97.2 Å². The Morgan fingerprint density at radius 2 is 0.934 bits per heavy atom. The summed E-state index contributed by atoms with van der Waals surface area (Å²) in [6, 6.07) is -0.742. The van der Waals surface area contributed by atoms with Crippen LogP contribution in [0.25, 0.3) is 0 Å². The number of carbonyl (C=O) groups is 3. The van der Waals surface area contributed by atoms with Gasteiger partial charge in [0.15, 0.2) is 6.10 Å². The van der Waals surface area contributed by atoms with Crippen LogP contribution in [-0.4, -0.2) is 75.5 Å². The molecule has 0 bridgehead atoms. The van der Waals surface area contributed by atoms with Crippen LogP contribution < -0.4 is 5.11 Å². The van der Waals surface area contributed by atoms with E-state index in [0.29, 0.717) is 6.42 Å². The van der Waals surface area contributed by atoms with Gasteiger partial charge in [0.1, 0.15) is 12.6 Å². The fourth-order valence-corrected chi connectivity index (χ4v) is 6.29. The monoisotopic (exact) mass is 850 g/mol. The topological polar surface area (TPSA) is 102 Å². The van der Waals surface area contributed by atoms with Gasteiger partial charge in [0.2, 0.25) is 0 Å². The van der Waals surface area contributed by atoms with E-state index in [1.54, 1.807) is 21.1 Å². The molecule has 0 spiro atoms. The lowest BCUT2D eigenvalue weighted by Gasteiger charge is -2.34. The zero-order chi connectivity index (χ0) is 44.9. The lowest BCUT2D eigenvalue weighted by Crippen LogP contribution is -2.55. The van der Waals surface area contributed by atoms with Crippen molar-refractivity contribution in [2.24, 2.45) is 0 Å². The van der Waals surface area contributed by atoms with E-state index in [1.807, 2.05) is 0 Å². The Hall–Kier alpha value is -3.75. The predicted molar refractivity (Wildman–Crippen MR) is 254 cm³/mol. The van der Waals surface area contributed by atoms with Crippen LogP contribution in [-0.2, 0) is 28.6 Å². The highest BCUT2D eigenvalue weighted by atomic mass is 16.6. The van der Waals surface area contributed by atoms with Crippen LogP contribution in [0.2, 0.25) is 0 Å². The standard InChI is InChI=1S/C53H87NO7/c1-6-8-10-12-14-16-18-20-22-23-24-25-26-27-28-29-30-32-33-35-37-39-41-43-51(55)60-48-49(47-59-46-45-50(53(57)58)54(3,4)5)61-52(56)44-42-40-38-36-34-31-21-19-17-15-13-11-9-7-2/h8,10,14,16,20,22,24-25,27-28,30-32,34-35,37,49-50H,6-7,9,11-13,15,17-19,21,23,26,29,33,36,38-48H2,1-5H3/b10-8+,16-14+,22-20+,25-24+,28-27+,32-30+,34-31+,37-35+. The number of hydrogen-bond donors (Lipinski definition) is 0. The number of quaternary nitrogens is 1. The van der Waals surface area contributed by atoms with E-state index in [2.05, 4.69) is 111 Å². The third kappa shape index (κ3) is 41.4. The number of unbranched alkanes of at least 4 members (excludes halogenated alkanes) is 11. The minimum atomic E-state index is -1.14. The first-order chi connectivity index (χ1) is 29.6. The molecule has 0 N–H and O–H groups in total. The molecule has 0 heterocycles. The molecule has 0 amide bonds. The third-order valence-corrected chi connectivity index (χ3v) is 9.95. The van der Waals surface area contributed by atoms with Crippen molar-refractivity contribution >= 4 is 17.9 Å². The van der Waals surface area contributed by atoms with Crippen LogP contribution in [0.4, 0.5) is 0 Å². The molecule has 0 aromatic rings. The Kier molecular flexibility index (Phi) is 40.3. The summed E-state index contributed by atoms with van der Waals surface area (Å²) in [6.07, 6.45) is 57.3. The van der Waals surface area contributed by atoms with Crippen molar-refractivity contribution in [3.8, 4) is 0 Å². The second-order valence-corrected chi connectivity index (χ2v) is 16.6. The summed E-state index contributed by atoms with van der Waals surface area (Å²) in [5, 5.41) is 11.6. The van der Waals surface area contributed by atoms with Gasteiger partial charge in [-0.1, -0.05) is 156 Å². The summed E-state index contributed by atoms with van der Waals surface area (Å²) in [6.45, 7) is 4.45. The maximum Gasteiger partial charge on any atom is 0.306 e. The number of hydrogen-bond acceptors (Lipinski definition) is 7. The van der Waals surface area contributed by atoms with E-state index >= 15 is 0 Å². The molecule has 0 saturated heterocycles. The lowest BCUT2D eigenvalue weighted by molar-refractivity contribution is -0.889. The molecule has 0 aliphatic heterocycles. The Balaban J connectivity index is 4.43. The van der Waals surface area contributed by atoms with Crippen LogP contribution in [0.3, 0.4) is 0 Å². The summed E-state index contributed by atoms with van der Waals surface area (Å²) in [4.78, 5) is 36.9. The third-order valence-electron chi connectivity index (χ3n) is 9.95. The molecule has 8 nitrogen and oxygen atoms in total. The highest BCUT2D eigenvalue weighted by Crippen LogP contribution is 2.12. The molecule has 2 unspecified atom stereocenters. The molecule has 346 valence electrons. The number of ether oxygens (including phenoxy) is 3. The Bertz CT molecular complexity index is 1310. The van der Waals surface area contributed by atoms with Crippen molar-refractivity contribution in [2.75, 3.05) is 41.0 Å². The normalized spacial score (nSPS) is 13.8. The van der Waals surface area contributed by atoms with E-state index in [-0.39, 0.29) is 55.5 Å². The molecule has 0 aromatic carbocycles. The van der Waals surface area contributed by atoms with Crippen LogP contribution in [0, 0.1) is 0 Å². The molecule has 8 heteroatoms. The highest BCUT2D eigenvalue weighted by Gasteiger charge is 2.25. The number of carboxylic acid groups (broad SMARTS) is 1. The number of nitrogens with zero attached hydrogens (tertiary/aromatic N) is 1. The molecule has 0 saturated carbocycles. The summed E-state index contributed by atoms with van der Waals surface area (Å²) in [7, 11) is 5.38. The summed E-state index contributed by atoms with van der Waals surface area (Å²) >= 11 is 0. The minimum Gasteiger partial charge on any atom is -0.544 e. The van der Waals surface area contributed by atoms with Gasteiger partial charge in [0.05, 0.1) is 40.3 Å². The van der Waals surface area contributed by atoms with E-state index in [0.717, 1.165) is 83.5 Å². The number of likely N-dealkylation sites (N-methyl/N-ethyl adjacent to an activating group) is 1. The van der Waals surface area contributed by atoms with Gasteiger partial charge in [-0.2, -0.15) is 0 Å². The first-order valence-electron chi connectivity index (χ1n) is 23.8. The van der Waals surface area contributed by atoms with E-state index in [9.17, 15) is 19.5 Å². The van der Waals surface area contributed by atoms with Crippen LogP contribution in [0.5, 0.6) is 0 Å². The molecule has 0 aliphatic rings. The number of allylic oxidation sites excluding steroid dienone is 16. The van der Waals surface area contributed by atoms with Gasteiger partial charge in [-0.25, -0.2) is 0 Å². The molecular formula is C53H87NO7. The number of carbonyl (C=O) groups excluding carboxylic acids is 3. The maximum atomic E-state index is 12.7. The largest absolute Gasteiger partial charge is 0.544 e. The van der Waals surface area contributed by atoms with Crippen LogP contribution >= 0.6 is 0 Å². The van der Waals surface area contributed by atoms with Gasteiger partial charge in [-0.05, 0) is 89.9 Å². The first-order valence-corrected chi connectivity index (χ1v) is 23.8. The van der Waals surface area contributed by atoms with Crippen molar-refractivity contribution in [1.82, 2.24) is 0 Å². The molecule has 0 aromatic heterocycles. The maximum absolute atomic E-state index is 12.7. The summed E-state index contributed by atoms with van der Waals surface area (Å²) in [5.74, 6) is -1.84. The van der Waals surface area contributed by atoms with Crippen molar-refractivity contribution in [1.29, 1.82) is 0 Å². The van der Waals surface area contributed by atoms with Crippen molar-refractivity contribution in [3.63, 3.8) is 0 Å². The van der Waals surface area contributed by atoms with Gasteiger partial charge >= 0.3 is 11.9 Å². The average Bonchev–Trinajstić information content (AvgIpc) is 3.22. The SMILES string of the molecule is CC/C=C/C/C=C/C/C=C/C/C=C/C/C=C/C/C=C/C/C=C/CCCC(=O)OCC(COCCC(C(=O)[O-])[N+](C)(C)C)OC(=O)CCCCC/C=C/CCCCCCCCC. The van der Waals surface area contributed by atoms with Crippen molar-refractivity contribution in [3.05, 3.63) is 97.2 Å². The van der Waals surface area contributed by atoms with Gasteiger partial charge in [-0.3, -0.25) is 9.59 Å². The highest BCUT2D eigenvalue weighted by molar-refractivity contribution is 5.70. The van der Waals surface area contributed by atoms with Crippen molar-refractivity contribution in [2.45, 2.75) is 180 Å². The van der Waals surface area contributed by atoms with E-state index in [4.69, 9.17) is 14.2 Å². The average molecular weight is 850 g/mol. The zero-order valence-electron chi connectivity index (χ0n) is 39.3. The summed E-state index contributed by atoms with van der Waals surface area (Å²) < 4.78 is 17.1. The molecule has 0 fully saturated rings. The number of rotatable bonds is 41. The molecular weight excluding hydrogens is 763 g/mol. The zero-order valence-corrected chi connectivity index (χ0v) is 39.3. The van der Waals surface area contributed by atoms with Crippen molar-refractivity contribution < 1.29 is 38.2 Å². The Labute approximate surface area is 373 Å². The number of esters is 2. The second-order valence-electron chi connectivity index (χ2n) is 16.6. The molecule has 0 radical (unpaired) electrons. The van der Waals surface area contributed by atoms with E-state index < -0.39 is 18.1 Å². The van der Waals surface area contributed by atoms with Gasteiger partial charge in [0.25, 0.3) is 0 Å². The fraction of sp³-hybridized carbons (Fsp3) is 0.642. The second kappa shape index (κ2) is 42.9. The molecule has 61 heavy (non-hydrogen) atoms. The lowest BCUT2D eigenvalue weighted by atomic mass is 10.1. The minimum absolute atomic E-state index is 0.0107. The Morgan fingerprint density at radius 3 is 1.43 bits per heavy atom. The van der Waals surface area contributed by atoms with Gasteiger partial charge in [0, 0.05) is 19.3 Å². The molecule has 0 rings (SSSR count).